The van der Waals surface area contributed by atoms with E-state index in [1.54, 1.807) is 13.8 Å². The van der Waals surface area contributed by atoms with Crippen LogP contribution in [-0.2, 0) is 0 Å². The van der Waals surface area contributed by atoms with E-state index < -0.39 is 34.9 Å². The lowest BCUT2D eigenvalue weighted by Crippen LogP contribution is -2.29. The van der Waals surface area contributed by atoms with Crippen molar-refractivity contribution in [3.63, 3.8) is 0 Å². The van der Waals surface area contributed by atoms with E-state index in [1.807, 2.05) is 0 Å². The van der Waals surface area contributed by atoms with E-state index in [0.29, 0.717) is 5.56 Å². The molecular formula is C22H20F3N3O3. The number of hydrogen-bond acceptors (Lipinski definition) is 5. The van der Waals surface area contributed by atoms with Crippen molar-refractivity contribution in [2.75, 3.05) is 0 Å². The molecule has 0 radical (unpaired) electrons. The molecule has 0 spiro atoms. The molecule has 31 heavy (non-hydrogen) atoms. The quantitative estimate of drug-likeness (QED) is 0.569. The van der Waals surface area contributed by atoms with Gasteiger partial charge in [-0.25, -0.2) is 13.2 Å². The molecule has 1 aromatic carbocycles. The second-order valence-corrected chi connectivity index (χ2v) is 7.65. The lowest BCUT2D eigenvalue weighted by molar-refractivity contribution is 0.0632. The number of pyridine rings is 1. The average molecular weight is 431 g/mol. The highest BCUT2D eigenvalue weighted by Crippen LogP contribution is 2.22. The minimum atomic E-state index is -2.75. The molecule has 2 aromatic heterocycles. The van der Waals surface area contributed by atoms with Crippen LogP contribution in [0.1, 0.15) is 49.2 Å². The van der Waals surface area contributed by atoms with E-state index in [9.17, 15) is 27.9 Å². The number of hydrogen-bond donors (Lipinski definition) is 1. The molecule has 162 valence electrons. The number of Topliss-reactive ketones (excluding diaryl/α,β-unsaturated/α-hetero) is 1. The minimum Gasteiger partial charge on any atom is -0.390 e. The molecule has 0 aliphatic heterocycles. The van der Waals surface area contributed by atoms with Gasteiger partial charge in [0, 0.05) is 18.2 Å². The first kappa shape index (κ1) is 22.4. The highest BCUT2D eigenvalue weighted by atomic mass is 19.3. The summed E-state index contributed by atoms with van der Waals surface area (Å²) in [4.78, 5) is 29.4. The number of ketones is 1. The van der Waals surface area contributed by atoms with Gasteiger partial charge in [0.2, 0.25) is 0 Å². The zero-order valence-electron chi connectivity index (χ0n) is 16.8. The summed E-state index contributed by atoms with van der Waals surface area (Å²) in [6.45, 7) is 3.08. The maximum Gasteiger partial charge on any atom is 0.282 e. The van der Waals surface area contributed by atoms with Crippen molar-refractivity contribution in [2.45, 2.75) is 38.7 Å². The largest absolute Gasteiger partial charge is 0.390 e. The Bertz CT molecular complexity index is 1150. The van der Waals surface area contributed by atoms with Crippen LogP contribution in [0, 0.1) is 5.82 Å². The van der Waals surface area contributed by atoms with Crippen LogP contribution in [0.15, 0.2) is 53.5 Å². The summed E-state index contributed by atoms with van der Waals surface area (Å²) in [5, 5.41) is 14.1. The van der Waals surface area contributed by atoms with Gasteiger partial charge in [-0.05, 0) is 56.7 Å². The van der Waals surface area contributed by atoms with Crippen molar-refractivity contribution in [1.29, 1.82) is 0 Å². The second kappa shape index (κ2) is 8.81. The number of alkyl halides is 2. The van der Waals surface area contributed by atoms with E-state index in [1.165, 1.54) is 30.3 Å². The summed E-state index contributed by atoms with van der Waals surface area (Å²) >= 11 is 0. The molecule has 0 fully saturated rings. The van der Waals surface area contributed by atoms with Crippen molar-refractivity contribution in [1.82, 2.24) is 14.8 Å². The molecular weight excluding hydrogens is 411 g/mol. The number of aromatic nitrogens is 3. The SMILES string of the molecule is CC(C)(O)CCC(=O)c1cc(-c2ccc(C(F)F)nc2)nn(-c2cccc(F)c2)c1=O. The van der Waals surface area contributed by atoms with E-state index in [2.05, 4.69) is 10.1 Å². The summed E-state index contributed by atoms with van der Waals surface area (Å²) in [6, 6.07) is 8.84. The number of carbonyl (C=O) groups is 1. The Kier molecular flexibility index (Phi) is 6.35. The topological polar surface area (TPSA) is 85.1 Å². The number of rotatable bonds is 7. The third-order valence-electron chi connectivity index (χ3n) is 4.53. The molecule has 0 saturated heterocycles. The van der Waals surface area contributed by atoms with E-state index >= 15 is 0 Å². The van der Waals surface area contributed by atoms with Crippen molar-refractivity contribution >= 4 is 5.78 Å². The molecule has 0 unspecified atom stereocenters. The molecule has 6 nitrogen and oxygen atoms in total. The smallest absolute Gasteiger partial charge is 0.282 e. The Morgan fingerprint density at radius 1 is 1.19 bits per heavy atom. The van der Waals surface area contributed by atoms with Crippen molar-refractivity contribution in [2.24, 2.45) is 0 Å². The molecule has 2 heterocycles. The molecule has 0 aliphatic rings. The fraction of sp³-hybridized carbons (Fsp3) is 0.273. The number of halogens is 3. The van der Waals surface area contributed by atoms with E-state index in [-0.39, 0.29) is 29.8 Å². The summed E-state index contributed by atoms with van der Waals surface area (Å²) in [6.07, 6.45) is -1.57. The molecule has 0 amide bonds. The van der Waals surface area contributed by atoms with E-state index in [0.717, 1.165) is 23.0 Å². The van der Waals surface area contributed by atoms with Crippen molar-refractivity contribution in [3.8, 4) is 16.9 Å². The average Bonchev–Trinajstić information content (AvgIpc) is 2.71. The van der Waals surface area contributed by atoms with Crippen LogP contribution >= 0.6 is 0 Å². The molecule has 0 bridgehead atoms. The molecule has 9 heteroatoms. The molecule has 3 rings (SSSR count). The predicted molar refractivity (Wildman–Crippen MR) is 108 cm³/mol. The number of benzene rings is 1. The zero-order chi connectivity index (χ0) is 22.8. The third-order valence-corrected chi connectivity index (χ3v) is 4.53. The van der Waals surface area contributed by atoms with Gasteiger partial charge in [-0.3, -0.25) is 14.6 Å². The van der Waals surface area contributed by atoms with Gasteiger partial charge in [-0.2, -0.15) is 9.78 Å². The van der Waals surface area contributed by atoms with Gasteiger partial charge < -0.3 is 5.11 Å². The maximum absolute atomic E-state index is 13.7. The zero-order valence-corrected chi connectivity index (χ0v) is 16.8. The van der Waals surface area contributed by atoms with Crippen LogP contribution in [0.25, 0.3) is 16.9 Å². The number of carbonyl (C=O) groups excluding carboxylic acids is 1. The molecule has 1 N–H and O–H groups in total. The summed E-state index contributed by atoms with van der Waals surface area (Å²) in [5.74, 6) is -1.13. The van der Waals surface area contributed by atoms with Crippen LogP contribution in [0.5, 0.6) is 0 Å². The second-order valence-electron chi connectivity index (χ2n) is 7.65. The minimum absolute atomic E-state index is 0.0977. The Balaban J connectivity index is 2.13. The summed E-state index contributed by atoms with van der Waals surface area (Å²) in [7, 11) is 0. The first-order chi connectivity index (χ1) is 14.5. The van der Waals surface area contributed by atoms with Gasteiger partial charge in [-0.1, -0.05) is 6.07 Å². The Morgan fingerprint density at radius 3 is 2.52 bits per heavy atom. The molecule has 0 atom stereocenters. The highest BCUT2D eigenvalue weighted by Gasteiger charge is 2.21. The monoisotopic (exact) mass is 431 g/mol. The lowest BCUT2D eigenvalue weighted by atomic mass is 9.98. The normalized spacial score (nSPS) is 11.7. The van der Waals surface area contributed by atoms with Crippen LogP contribution in [0.3, 0.4) is 0 Å². The molecule has 3 aromatic rings. The Hall–Kier alpha value is -3.33. The van der Waals surface area contributed by atoms with Crippen molar-refractivity contribution < 1.29 is 23.1 Å². The number of nitrogens with zero attached hydrogens (tertiary/aromatic N) is 3. The first-order valence-corrected chi connectivity index (χ1v) is 9.45. The number of aliphatic hydroxyl groups is 1. The highest BCUT2D eigenvalue weighted by molar-refractivity contribution is 5.96. The Morgan fingerprint density at radius 2 is 1.94 bits per heavy atom. The van der Waals surface area contributed by atoms with E-state index in [4.69, 9.17) is 0 Å². The summed E-state index contributed by atoms with van der Waals surface area (Å²) < 4.78 is 40.2. The van der Waals surface area contributed by atoms with Gasteiger partial charge in [0.15, 0.2) is 5.78 Å². The first-order valence-electron chi connectivity index (χ1n) is 9.45. The molecule has 0 saturated carbocycles. The fourth-order valence-electron chi connectivity index (χ4n) is 2.86. The maximum atomic E-state index is 13.7. The van der Waals surface area contributed by atoms with Gasteiger partial charge in [0.05, 0.1) is 22.5 Å². The standard InChI is InChI=1S/C22H20F3N3O3/c1-22(2,31)9-8-19(29)16-11-18(13-6-7-17(20(24)25)26-12-13)27-28(21(16)30)15-5-3-4-14(23)10-15/h3-7,10-12,20,31H,8-9H2,1-2H3. The van der Waals surface area contributed by atoms with Crippen LogP contribution in [0.2, 0.25) is 0 Å². The van der Waals surface area contributed by atoms with Gasteiger partial charge in [0.25, 0.3) is 12.0 Å². The predicted octanol–water partition coefficient (Wildman–Crippen LogP) is 4.11. The summed E-state index contributed by atoms with van der Waals surface area (Å²) in [5.41, 5.74) is -1.98. The Labute approximate surface area is 176 Å². The van der Waals surface area contributed by atoms with Crippen LogP contribution in [0.4, 0.5) is 13.2 Å². The molecule has 0 aliphatic carbocycles. The fourth-order valence-corrected chi connectivity index (χ4v) is 2.86. The lowest BCUT2D eigenvalue weighted by Gasteiger charge is -2.16. The van der Waals surface area contributed by atoms with Crippen LogP contribution < -0.4 is 5.56 Å². The van der Waals surface area contributed by atoms with Crippen LogP contribution in [-0.4, -0.2) is 31.3 Å². The van der Waals surface area contributed by atoms with Gasteiger partial charge in [0.1, 0.15) is 11.5 Å². The van der Waals surface area contributed by atoms with Gasteiger partial charge in [-0.15, -0.1) is 0 Å². The third kappa shape index (κ3) is 5.43. The van der Waals surface area contributed by atoms with Crippen molar-refractivity contribution in [3.05, 3.63) is 76.1 Å². The van der Waals surface area contributed by atoms with Gasteiger partial charge >= 0.3 is 0 Å².